The van der Waals surface area contributed by atoms with Gasteiger partial charge in [-0.25, -0.2) is 4.98 Å². The SMILES string of the molecule is COc1c(Br)cc(/C=C/C(=O)NCCc2cnc(N)[nH]2)cc1Br. The van der Waals surface area contributed by atoms with Crippen LogP contribution >= 0.6 is 31.9 Å². The first kappa shape index (κ1) is 17.6. The van der Waals surface area contributed by atoms with Crippen LogP contribution in [0.5, 0.6) is 5.75 Å². The number of hydrogen-bond acceptors (Lipinski definition) is 4. The van der Waals surface area contributed by atoms with Crippen molar-refractivity contribution in [1.82, 2.24) is 15.3 Å². The number of nitrogen functional groups attached to an aromatic ring is 1. The molecule has 0 aliphatic carbocycles. The third-order valence-electron chi connectivity index (χ3n) is 2.99. The first-order valence-electron chi connectivity index (χ1n) is 6.78. The van der Waals surface area contributed by atoms with Gasteiger partial charge in [0.25, 0.3) is 0 Å². The van der Waals surface area contributed by atoms with E-state index in [-0.39, 0.29) is 5.91 Å². The highest BCUT2D eigenvalue weighted by Gasteiger charge is 2.06. The van der Waals surface area contributed by atoms with E-state index >= 15 is 0 Å². The minimum Gasteiger partial charge on any atom is -0.494 e. The zero-order valence-electron chi connectivity index (χ0n) is 12.4. The van der Waals surface area contributed by atoms with Gasteiger partial charge in [-0.15, -0.1) is 0 Å². The van der Waals surface area contributed by atoms with Crippen molar-refractivity contribution in [2.75, 3.05) is 19.4 Å². The molecule has 1 amide bonds. The predicted octanol–water partition coefficient (Wildman–Crippen LogP) is 2.90. The van der Waals surface area contributed by atoms with Crippen LogP contribution in [0.1, 0.15) is 11.3 Å². The van der Waals surface area contributed by atoms with Crippen LogP contribution in [0.25, 0.3) is 6.08 Å². The van der Waals surface area contributed by atoms with E-state index in [1.165, 1.54) is 6.08 Å². The van der Waals surface area contributed by atoms with Gasteiger partial charge in [-0.3, -0.25) is 4.79 Å². The highest BCUT2D eigenvalue weighted by Crippen LogP contribution is 2.34. The first-order chi connectivity index (χ1) is 11.0. The van der Waals surface area contributed by atoms with Crippen molar-refractivity contribution >= 4 is 49.8 Å². The molecule has 0 saturated heterocycles. The summed E-state index contributed by atoms with van der Waals surface area (Å²) in [6.07, 6.45) is 5.52. The summed E-state index contributed by atoms with van der Waals surface area (Å²) in [6.45, 7) is 0.501. The molecule has 0 radical (unpaired) electrons. The number of ether oxygens (including phenoxy) is 1. The molecule has 1 aromatic heterocycles. The molecule has 0 bridgehead atoms. The van der Waals surface area contributed by atoms with Crippen LogP contribution in [-0.2, 0) is 11.2 Å². The molecule has 2 aromatic rings. The maximum absolute atomic E-state index is 11.8. The first-order valence-corrected chi connectivity index (χ1v) is 8.36. The van der Waals surface area contributed by atoms with Crippen molar-refractivity contribution in [3.05, 3.63) is 44.6 Å². The predicted molar refractivity (Wildman–Crippen MR) is 97.1 cm³/mol. The van der Waals surface area contributed by atoms with E-state index in [2.05, 4.69) is 47.1 Å². The molecule has 0 aliphatic heterocycles. The summed E-state index contributed by atoms with van der Waals surface area (Å²) >= 11 is 6.85. The number of imidazole rings is 1. The Hall–Kier alpha value is -1.80. The van der Waals surface area contributed by atoms with E-state index in [9.17, 15) is 4.79 Å². The van der Waals surface area contributed by atoms with Gasteiger partial charge >= 0.3 is 0 Å². The van der Waals surface area contributed by atoms with Gasteiger partial charge in [0.05, 0.1) is 22.3 Å². The van der Waals surface area contributed by atoms with Crippen molar-refractivity contribution in [3.63, 3.8) is 0 Å². The number of halogens is 2. The molecule has 0 aliphatic rings. The molecule has 0 atom stereocenters. The molecule has 6 nitrogen and oxygen atoms in total. The number of rotatable bonds is 6. The monoisotopic (exact) mass is 442 g/mol. The Morgan fingerprint density at radius 3 is 2.70 bits per heavy atom. The van der Waals surface area contributed by atoms with Crippen molar-refractivity contribution < 1.29 is 9.53 Å². The molecular weight excluding hydrogens is 428 g/mol. The van der Waals surface area contributed by atoms with Crippen LogP contribution < -0.4 is 15.8 Å². The average Bonchev–Trinajstić information content (AvgIpc) is 2.90. The molecule has 0 saturated carbocycles. The number of aromatic amines is 1. The summed E-state index contributed by atoms with van der Waals surface area (Å²) in [5.41, 5.74) is 7.25. The van der Waals surface area contributed by atoms with Crippen LogP contribution in [0.15, 0.2) is 33.4 Å². The maximum Gasteiger partial charge on any atom is 0.244 e. The fraction of sp³-hybridized carbons (Fsp3) is 0.200. The fourth-order valence-electron chi connectivity index (χ4n) is 1.93. The average molecular weight is 444 g/mol. The molecule has 4 N–H and O–H groups in total. The largest absolute Gasteiger partial charge is 0.494 e. The summed E-state index contributed by atoms with van der Waals surface area (Å²) in [6, 6.07) is 3.75. The third-order valence-corrected chi connectivity index (χ3v) is 4.17. The van der Waals surface area contributed by atoms with Gasteiger partial charge in [-0.2, -0.15) is 0 Å². The summed E-state index contributed by atoms with van der Waals surface area (Å²) in [7, 11) is 1.60. The molecule has 122 valence electrons. The van der Waals surface area contributed by atoms with Gasteiger partial charge < -0.3 is 20.8 Å². The smallest absolute Gasteiger partial charge is 0.244 e. The van der Waals surface area contributed by atoms with Gasteiger partial charge in [0.15, 0.2) is 5.95 Å². The van der Waals surface area contributed by atoms with E-state index in [0.29, 0.717) is 24.7 Å². The Kier molecular flexibility index (Phi) is 6.23. The highest BCUT2D eigenvalue weighted by atomic mass is 79.9. The van der Waals surface area contributed by atoms with Gasteiger partial charge in [-0.05, 0) is 55.6 Å². The maximum atomic E-state index is 11.8. The Labute approximate surface area is 150 Å². The standard InChI is InChI=1S/C15H16Br2N4O2/c1-23-14-11(16)6-9(7-12(14)17)2-3-13(22)19-5-4-10-8-20-15(18)21-10/h2-3,6-8H,4-5H2,1H3,(H,19,22)(H3,18,20,21)/b3-2+. The number of methoxy groups -OCH3 is 1. The number of anilines is 1. The lowest BCUT2D eigenvalue weighted by molar-refractivity contribution is -0.116. The molecule has 2 rings (SSSR count). The number of carbonyl (C=O) groups excluding carboxylic acids is 1. The lowest BCUT2D eigenvalue weighted by Crippen LogP contribution is -2.23. The second-order valence-corrected chi connectivity index (χ2v) is 6.39. The molecule has 23 heavy (non-hydrogen) atoms. The van der Waals surface area contributed by atoms with E-state index < -0.39 is 0 Å². The summed E-state index contributed by atoms with van der Waals surface area (Å²) < 4.78 is 6.86. The van der Waals surface area contributed by atoms with E-state index in [4.69, 9.17) is 10.5 Å². The number of nitrogens with one attached hydrogen (secondary N) is 2. The van der Waals surface area contributed by atoms with Gasteiger partial charge in [0.1, 0.15) is 5.75 Å². The van der Waals surface area contributed by atoms with Crippen LogP contribution in [0, 0.1) is 0 Å². The Bertz CT molecular complexity index is 705. The number of hydrogen-bond donors (Lipinski definition) is 3. The number of aromatic nitrogens is 2. The summed E-state index contributed by atoms with van der Waals surface area (Å²) in [5.74, 6) is 0.924. The van der Waals surface area contributed by atoms with Crippen molar-refractivity contribution in [2.24, 2.45) is 0 Å². The van der Waals surface area contributed by atoms with Crippen LogP contribution in [0.2, 0.25) is 0 Å². The number of carbonyl (C=O) groups is 1. The second kappa shape index (κ2) is 8.16. The number of benzene rings is 1. The fourth-order valence-corrected chi connectivity index (χ4v) is 3.47. The summed E-state index contributed by atoms with van der Waals surface area (Å²) in [5, 5.41) is 2.80. The molecule has 8 heteroatoms. The van der Waals surface area contributed by atoms with E-state index in [0.717, 1.165) is 20.2 Å². The third kappa shape index (κ3) is 5.11. The quantitative estimate of drug-likeness (QED) is 0.598. The number of H-pyrrole nitrogens is 1. The zero-order chi connectivity index (χ0) is 16.8. The minimum absolute atomic E-state index is 0.166. The van der Waals surface area contributed by atoms with E-state index in [1.54, 1.807) is 19.4 Å². The number of nitrogens with two attached hydrogens (primary N) is 1. The Morgan fingerprint density at radius 1 is 1.43 bits per heavy atom. The second-order valence-electron chi connectivity index (χ2n) is 4.69. The molecule has 0 fully saturated rings. The normalized spacial score (nSPS) is 10.9. The Morgan fingerprint density at radius 2 is 2.13 bits per heavy atom. The zero-order valence-corrected chi connectivity index (χ0v) is 15.6. The summed E-state index contributed by atoms with van der Waals surface area (Å²) in [4.78, 5) is 18.6. The molecule has 1 heterocycles. The lowest BCUT2D eigenvalue weighted by atomic mass is 10.2. The molecule has 0 spiro atoms. The molecule has 1 aromatic carbocycles. The van der Waals surface area contributed by atoms with Crippen LogP contribution in [0.3, 0.4) is 0 Å². The number of amides is 1. The van der Waals surface area contributed by atoms with E-state index in [1.807, 2.05) is 12.1 Å². The molecular formula is C15H16Br2N4O2. The Balaban J connectivity index is 1.88. The van der Waals surface area contributed by atoms with Crippen molar-refractivity contribution in [1.29, 1.82) is 0 Å². The number of nitrogens with zero attached hydrogens (tertiary/aromatic N) is 1. The highest BCUT2D eigenvalue weighted by molar-refractivity contribution is 9.11. The minimum atomic E-state index is -0.166. The van der Waals surface area contributed by atoms with Crippen LogP contribution in [-0.4, -0.2) is 29.5 Å². The topological polar surface area (TPSA) is 93.0 Å². The lowest BCUT2D eigenvalue weighted by Gasteiger charge is -2.07. The molecule has 0 unspecified atom stereocenters. The van der Waals surface area contributed by atoms with Gasteiger partial charge in [0.2, 0.25) is 5.91 Å². The van der Waals surface area contributed by atoms with Gasteiger partial charge in [0, 0.05) is 24.7 Å². The van der Waals surface area contributed by atoms with Crippen LogP contribution in [0.4, 0.5) is 5.95 Å². The van der Waals surface area contributed by atoms with Gasteiger partial charge in [-0.1, -0.05) is 0 Å². The van der Waals surface area contributed by atoms with Crippen molar-refractivity contribution in [2.45, 2.75) is 6.42 Å². The van der Waals surface area contributed by atoms with Crippen molar-refractivity contribution in [3.8, 4) is 5.75 Å².